The van der Waals surface area contributed by atoms with Crippen molar-refractivity contribution in [1.29, 1.82) is 0 Å². The topological polar surface area (TPSA) is 315 Å². The van der Waals surface area contributed by atoms with E-state index >= 15 is 0 Å². The second kappa shape index (κ2) is 53.7. The number of hydrogen-bond donors (Lipinski definition) is 5. The summed E-state index contributed by atoms with van der Waals surface area (Å²) >= 11 is 4.78. The molecule has 23 nitrogen and oxygen atoms in total. The number of nitrogens with zero attached hydrogens (tertiary/aromatic N) is 5. The third-order valence-corrected chi connectivity index (χ3v) is 54.3. The molecule has 0 saturated carbocycles. The number of esters is 3. The lowest BCUT2D eigenvalue weighted by Gasteiger charge is -2.44. The third-order valence-electron chi connectivity index (χ3n) is 33.3. The molecule has 0 amide bonds. The number of aliphatic hydroxyl groups is 4. The van der Waals surface area contributed by atoms with E-state index in [0.29, 0.717) is 44.1 Å². The van der Waals surface area contributed by atoms with Gasteiger partial charge in [-0.15, -0.1) is 34.0 Å². The molecule has 23 atom stereocenters. The Kier molecular flexibility index (Phi) is 46.9. The van der Waals surface area contributed by atoms with Crippen LogP contribution in [-0.2, 0) is 60.7 Å². The molecule has 6 fully saturated rings. The van der Waals surface area contributed by atoms with Crippen LogP contribution in [0.25, 0.3) is 18.2 Å². The number of ether oxygens (including phenoxy) is 3. The fraction of sp³-hybridized carbons (Fsp3) is 0.802. The van der Waals surface area contributed by atoms with Crippen LogP contribution in [0.4, 0.5) is 0 Å². The van der Waals surface area contributed by atoms with Gasteiger partial charge in [0.15, 0.2) is 33.3 Å². The van der Waals surface area contributed by atoms with Crippen molar-refractivity contribution in [3.05, 3.63) is 65.0 Å². The van der Waals surface area contributed by atoms with Crippen molar-refractivity contribution in [3.8, 4) is 0 Å². The Balaban J connectivity index is 0.000000281. The molecule has 0 bridgehead atoms. The van der Waals surface area contributed by atoms with Crippen molar-refractivity contribution in [1.82, 2.24) is 30.1 Å². The maximum atomic E-state index is 15.0. The van der Waals surface area contributed by atoms with E-state index in [1.807, 2.05) is 104 Å². The standard InChI is InChI=1S/C40H72N2O6SSi2.C38H68N2O5SSi2.C28H44N2O6S/c1-13-50(14-2,15-3)47-36-26-37(44)46-35(29(8)24-32-27-49-31(10)41-32)25-34-33(42(34)22-23-43)21-19-20-28(7)38(30(9)39(45)40(36,11)12)48-51(16-4,17-5)18-6;1-13-47(14-2,15-3)44-34-24-35(41)43-33(27(8)22-30-25-46-29(10)39-30)23-32-31(40-32)21-19-20-26(7)36(28(9)37(42)38(34,11)12)45-48(16-4,17-5)18-6;1-16-8-7-9-21-22(30(21)10-11-31)13-23(17(2)12-20-15-37-19(4)29-20)36-25(33)14-24(32)28(5,6)27(35)18(3)26(16)34/h24,27-28,30,33-36,38,43H,13-23,25-26H2,1-12H3;22,25-26,28,31-34,36,40H,13-21,23-24H2,1-12H3;12,15-16,18,21-24,26,31-32,34H,7-11,13-14H2,1-6H3/b29-24+;27-22+;17-12+/t28-,30+,33+,34?,35-,36-,38-,42?;26-,28+,31+,32?,33-,34-,36-;16-,18+,21+,22?,23-,24-,26-,30?/m000/s1. The number of fused-ring (bicyclic) bond motifs is 3. The van der Waals surface area contributed by atoms with Crippen molar-refractivity contribution < 1.29 is 81.1 Å². The average molecular weight is 2020 g/mol. The van der Waals surface area contributed by atoms with Crippen molar-refractivity contribution >= 4 is 121 Å². The quantitative estimate of drug-likeness (QED) is 0.0179. The summed E-state index contributed by atoms with van der Waals surface area (Å²) in [6.07, 6.45) is 11.5. The van der Waals surface area contributed by atoms with E-state index < -0.39 is 98.0 Å². The second-order valence-electron chi connectivity index (χ2n) is 43.1. The molecule has 0 spiro atoms. The zero-order chi connectivity index (χ0) is 102. The van der Waals surface area contributed by atoms with E-state index in [1.165, 1.54) is 0 Å². The zero-order valence-corrected chi connectivity index (χ0v) is 96.0. The van der Waals surface area contributed by atoms with Gasteiger partial charge in [-0.2, -0.15) is 0 Å². The van der Waals surface area contributed by atoms with Crippen LogP contribution >= 0.6 is 34.0 Å². The van der Waals surface area contributed by atoms with Crippen LogP contribution in [0.5, 0.6) is 0 Å². The molecule has 3 aromatic rings. The van der Waals surface area contributed by atoms with Crippen LogP contribution in [0.2, 0.25) is 72.5 Å². The second-order valence-corrected chi connectivity index (χ2v) is 65.2. The van der Waals surface area contributed by atoms with Crippen molar-refractivity contribution in [2.45, 2.75) is 468 Å². The summed E-state index contributed by atoms with van der Waals surface area (Å²) in [6, 6.07) is 13.5. The molecule has 136 heavy (non-hydrogen) atoms. The van der Waals surface area contributed by atoms with Gasteiger partial charge >= 0.3 is 17.9 Å². The summed E-state index contributed by atoms with van der Waals surface area (Å²) in [7, 11) is -8.45. The molecular weight excluding hydrogens is 1840 g/mol. The molecule has 6 saturated heterocycles. The minimum atomic E-state index is -2.23. The molecule has 0 aromatic carbocycles. The predicted molar refractivity (Wildman–Crippen MR) is 565 cm³/mol. The molecule has 774 valence electrons. The Morgan fingerprint density at radius 3 is 1.04 bits per heavy atom. The SMILES string of the molecule is C/C(=C\c1csc(C)n1)[C@@H]1CC2[C@@H](CCC[C@H](C)[C@H](O)[C@@H](C)C(=O)C(C)(C)[C@@H](O)CC(=O)O1)N2CCO.CC[Si](CC)(CC)O[C@H]1[C@@H](C)CCC[C@@H]2C(C[C@@H](/C(C)=C/c3csc(C)n3)OC(=O)C[C@H](O[Si](CC)(CC)CC)C(C)(C)C(=O)[C@@H]1C)N2CCO.CC[Si](CC)(CC)O[C@H]1[C@@H](C)CCC[C@H]2NC2C[C@@H](/C(C)=C/c2csc(C)n2)OC(=O)C[C@H](O[Si](CC)(CC)CC)C(C)(C)C(=O)[C@@H]1C. The normalized spacial score (nSPS) is 31.6. The first-order valence-corrected chi connectivity index (χ1v) is 65.4. The molecule has 5 N–H and O–H groups in total. The number of nitrogens with one attached hydrogen (secondary N) is 1. The summed E-state index contributed by atoms with van der Waals surface area (Å²) in [5.74, 6) is -2.16. The Morgan fingerprint density at radius 2 is 0.721 bits per heavy atom. The summed E-state index contributed by atoms with van der Waals surface area (Å²) in [5.41, 5.74) is 2.36. The minimum Gasteiger partial charge on any atom is -0.458 e. The Bertz CT molecular complexity index is 4310. The van der Waals surface area contributed by atoms with Crippen molar-refractivity contribution in [2.75, 3.05) is 26.3 Å². The number of aromatic nitrogens is 3. The molecule has 30 heteroatoms. The molecule has 5 unspecified atom stereocenters. The molecule has 6 aliphatic heterocycles. The highest BCUT2D eigenvalue weighted by molar-refractivity contribution is 7.10. The third kappa shape index (κ3) is 31.7. The van der Waals surface area contributed by atoms with E-state index in [-0.39, 0.29) is 128 Å². The minimum absolute atomic E-state index is 0.0207. The van der Waals surface area contributed by atoms with Gasteiger partial charge in [0.2, 0.25) is 0 Å². The molecule has 6 aliphatic rings. The number of hydrogen-bond acceptors (Lipinski definition) is 26. The average Bonchev–Trinajstić information content (AvgIpc) is 1.63. The summed E-state index contributed by atoms with van der Waals surface area (Å²) in [4.78, 5) is 103. The number of carbonyl (C=O) groups is 6. The fourth-order valence-electron chi connectivity index (χ4n) is 22.2. The van der Waals surface area contributed by atoms with Crippen LogP contribution in [0.15, 0.2) is 32.9 Å². The van der Waals surface area contributed by atoms with Crippen LogP contribution in [0, 0.1) is 72.5 Å². The van der Waals surface area contributed by atoms with Gasteiger partial charge < -0.3 is 57.7 Å². The highest BCUT2D eigenvalue weighted by atomic mass is 32.1. The number of cyclic esters (lactones) is 3. The number of rotatable bonds is 30. The number of carbonyl (C=O) groups excluding carboxylic acids is 6. The van der Waals surface area contributed by atoms with Gasteiger partial charge in [0.1, 0.15) is 35.7 Å². The van der Waals surface area contributed by atoms with Gasteiger partial charge in [0, 0.05) is 113 Å². The van der Waals surface area contributed by atoms with E-state index in [1.54, 1.807) is 54.8 Å². The zero-order valence-electron chi connectivity index (χ0n) is 89.6. The fourth-order valence-corrected chi connectivity index (χ4v) is 35.9. The molecule has 9 rings (SSSR count). The monoisotopic (exact) mass is 2020 g/mol. The van der Waals surface area contributed by atoms with Crippen LogP contribution in [0.1, 0.15) is 315 Å². The molecule has 9 heterocycles. The number of Topliss-reactive ketones (excluding diaryl/α,β-unsaturated/α-hetero) is 3. The van der Waals surface area contributed by atoms with Crippen LogP contribution in [0.3, 0.4) is 0 Å². The molecule has 0 radical (unpaired) electrons. The first-order chi connectivity index (χ1) is 64.1. The van der Waals surface area contributed by atoms with E-state index in [2.05, 4.69) is 147 Å². The van der Waals surface area contributed by atoms with Gasteiger partial charge in [-0.1, -0.05) is 185 Å². The van der Waals surface area contributed by atoms with E-state index in [9.17, 15) is 49.2 Å². The molecular formula is C106H184N6O17S3Si4. The lowest BCUT2D eigenvalue weighted by atomic mass is 9.73. The number of β-amino-alcohol motifs (C(OH)–C–C–N with tert-alkyl or cyclic N) is 2. The first kappa shape index (κ1) is 119. The summed E-state index contributed by atoms with van der Waals surface area (Å²) in [5, 5.41) is 54.0. The Morgan fingerprint density at radius 1 is 0.419 bits per heavy atom. The van der Waals surface area contributed by atoms with E-state index in [0.717, 1.165) is 186 Å². The summed E-state index contributed by atoms with van der Waals surface area (Å²) < 4.78 is 47.6. The van der Waals surface area contributed by atoms with Gasteiger partial charge in [-0.25, -0.2) is 15.0 Å². The highest BCUT2D eigenvalue weighted by Crippen LogP contribution is 2.47. The largest absolute Gasteiger partial charge is 0.458 e. The van der Waals surface area contributed by atoms with Crippen LogP contribution in [-0.4, -0.2) is 231 Å². The van der Waals surface area contributed by atoms with Gasteiger partial charge in [-0.05, 0) is 205 Å². The van der Waals surface area contributed by atoms with Gasteiger partial charge in [0.25, 0.3) is 0 Å². The predicted octanol–water partition coefficient (Wildman–Crippen LogP) is 22.5. The number of aryl methyl sites for hydroxylation is 3. The van der Waals surface area contributed by atoms with Crippen molar-refractivity contribution in [2.24, 2.45) is 51.8 Å². The maximum Gasteiger partial charge on any atom is 0.309 e. The van der Waals surface area contributed by atoms with Crippen LogP contribution < -0.4 is 5.32 Å². The first-order valence-electron chi connectivity index (χ1n) is 52.7. The van der Waals surface area contributed by atoms with Crippen molar-refractivity contribution in [3.63, 3.8) is 0 Å². The Hall–Kier alpha value is -4.04. The number of thiazole rings is 3. The smallest absolute Gasteiger partial charge is 0.309 e. The highest BCUT2D eigenvalue weighted by Gasteiger charge is 2.55. The number of aliphatic hydroxyl groups excluding tert-OH is 4. The molecule has 3 aromatic heterocycles. The number of ketones is 3. The molecule has 0 aliphatic carbocycles. The van der Waals surface area contributed by atoms with Gasteiger partial charge in [0.05, 0.1) is 107 Å². The van der Waals surface area contributed by atoms with E-state index in [4.69, 9.17) is 31.9 Å². The Labute approximate surface area is 836 Å². The summed E-state index contributed by atoms with van der Waals surface area (Å²) in [6.45, 7) is 63.6. The maximum absolute atomic E-state index is 15.0. The van der Waals surface area contributed by atoms with Gasteiger partial charge in [-0.3, -0.25) is 38.6 Å². The lowest BCUT2D eigenvalue weighted by molar-refractivity contribution is -0.156. The lowest BCUT2D eigenvalue weighted by Crippen LogP contribution is -2.53.